The Morgan fingerprint density at radius 3 is 2.84 bits per heavy atom. The predicted molar refractivity (Wildman–Crippen MR) is 80.2 cm³/mol. The molecule has 2 rings (SSSR count). The summed E-state index contributed by atoms with van der Waals surface area (Å²) in [6, 6.07) is 9.48. The highest BCUT2D eigenvalue weighted by Crippen LogP contribution is 2.31. The third-order valence-corrected chi connectivity index (χ3v) is 3.40. The fraction of sp³-hybridized carbons (Fsp3) is 0.286. The van der Waals surface area contributed by atoms with Crippen molar-refractivity contribution < 1.29 is 9.52 Å². The summed E-state index contributed by atoms with van der Waals surface area (Å²) in [4.78, 5) is 0. The summed E-state index contributed by atoms with van der Waals surface area (Å²) in [5, 5.41) is 12.9. The van der Waals surface area contributed by atoms with E-state index >= 15 is 0 Å². The van der Waals surface area contributed by atoms with Crippen LogP contribution in [0.3, 0.4) is 0 Å². The van der Waals surface area contributed by atoms with Crippen molar-refractivity contribution >= 4 is 27.5 Å². The first kappa shape index (κ1) is 14.6. The number of aliphatic hydroxyl groups excluding tert-OH is 1. The van der Waals surface area contributed by atoms with Crippen LogP contribution in [0.5, 0.6) is 0 Å². The lowest BCUT2D eigenvalue weighted by Crippen LogP contribution is -2.23. The van der Waals surface area contributed by atoms with Crippen LogP contribution in [-0.4, -0.2) is 17.8 Å². The molecule has 1 aromatic carbocycles. The maximum Gasteiger partial charge on any atom is 0.135 e. The van der Waals surface area contributed by atoms with Gasteiger partial charge in [-0.05, 0) is 37.3 Å². The molecule has 0 bridgehead atoms. The Morgan fingerprint density at radius 2 is 2.16 bits per heavy atom. The van der Waals surface area contributed by atoms with Crippen molar-refractivity contribution in [2.45, 2.75) is 19.6 Å². The number of hydrogen-bond donors (Lipinski definition) is 2. The van der Waals surface area contributed by atoms with Gasteiger partial charge in [0.15, 0.2) is 0 Å². The van der Waals surface area contributed by atoms with Gasteiger partial charge in [-0.1, -0.05) is 27.5 Å². The van der Waals surface area contributed by atoms with Crippen LogP contribution in [0.15, 0.2) is 39.2 Å². The molecule has 0 saturated carbocycles. The summed E-state index contributed by atoms with van der Waals surface area (Å²) in [6.07, 6.45) is -0.365. The van der Waals surface area contributed by atoms with Gasteiger partial charge >= 0.3 is 0 Å². The Balaban J connectivity index is 2.08. The highest BCUT2D eigenvalue weighted by Gasteiger charge is 2.09. The molecule has 2 aromatic rings. The lowest BCUT2D eigenvalue weighted by Gasteiger charge is -2.05. The zero-order chi connectivity index (χ0) is 13.8. The molecule has 0 aliphatic heterocycles. The minimum atomic E-state index is -0.365. The molecule has 19 heavy (non-hydrogen) atoms. The summed E-state index contributed by atoms with van der Waals surface area (Å²) < 4.78 is 6.67. The number of nitrogens with one attached hydrogen (secondary N) is 1. The van der Waals surface area contributed by atoms with Crippen molar-refractivity contribution in [2.24, 2.45) is 0 Å². The zero-order valence-corrected chi connectivity index (χ0v) is 12.8. The Hall–Kier alpha value is -0.810. The average molecular weight is 345 g/mol. The lowest BCUT2D eigenvalue weighted by molar-refractivity contribution is 0.190. The average Bonchev–Trinajstić information content (AvgIpc) is 2.77. The fourth-order valence-electron chi connectivity index (χ4n) is 1.71. The normalized spacial score (nSPS) is 12.6. The molecule has 0 aliphatic carbocycles. The second-order valence-corrected chi connectivity index (χ2v) is 5.69. The molecule has 0 radical (unpaired) electrons. The minimum Gasteiger partial charge on any atom is -0.460 e. The van der Waals surface area contributed by atoms with E-state index in [4.69, 9.17) is 21.1 Å². The quantitative estimate of drug-likeness (QED) is 0.866. The standard InChI is InChI=1S/C14H15BrClNO2/c1-9(18)7-17-8-11-3-5-14(19-11)12-4-2-10(15)6-13(12)16/h2-6,9,17-18H,7-8H2,1H3/t9-/m1/s1. The molecule has 0 amide bonds. The summed E-state index contributed by atoms with van der Waals surface area (Å²) in [5.74, 6) is 1.56. The van der Waals surface area contributed by atoms with Crippen LogP contribution in [0, 0.1) is 0 Å². The molecule has 0 unspecified atom stereocenters. The van der Waals surface area contributed by atoms with E-state index in [1.807, 2.05) is 30.3 Å². The van der Waals surface area contributed by atoms with Gasteiger partial charge < -0.3 is 14.8 Å². The van der Waals surface area contributed by atoms with Gasteiger partial charge in [0.2, 0.25) is 0 Å². The molecule has 0 saturated heterocycles. The molecule has 2 N–H and O–H groups in total. The van der Waals surface area contributed by atoms with E-state index in [2.05, 4.69) is 21.2 Å². The summed E-state index contributed by atoms with van der Waals surface area (Å²) in [6.45, 7) is 2.86. The van der Waals surface area contributed by atoms with E-state index in [-0.39, 0.29) is 6.10 Å². The monoisotopic (exact) mass is 343 g/mol. The van der Waals surface area contributed by atoms with Crippen molar-refractivity contribution in [3.05, 3.63) is 45.6 Å². The molecule has 0 fully saturated rings. The summed E-state index contributed by atoms with van der Waals surface area (Å²) in [5.41, 5.74) is 0.867. The highest BCUT2D eigenvalue weighted by atomic mass is 79.9. The van der Waals surface area contributed by atoms with Gasteiger partial charge in [0.25, 0.3) is 0 Å². The smallest absolute Gasteiger partial charge is 0.135 e. The zero-order valence-electron chi connectivity index (χ0n) is 10.5. The van der Waals surface area contributed by atoms with Crippen LogP contribution in [0.2, 0.25) is 5.02 Å². The minimum absolute atomic E-state index is 0.365. The van der Waals surface area contributed by atoms with Crippen molar-refractivity contribution in [1.29, 1.82) is 0 Å². The summed E-state index contributed by atoms with van der Waals surface area (Å²) >= 11 is 9.55. The van der Waals surface area contributed by atoms with Gasteiger partial charge in [0.1, 0.15) is 11.5 Å². The van der Waals surface area contributed by atoms with E-state index in [1.165, 1.54) is 0 Å². The SMILES string of the molecule is C[C@@H](O)CNCc1ccc(-c2ccc(Br)cc2Cl)o1. The molecule has 3 nitrogen and oxygen atoms in total. The van der Waals surface area contributed by atoms with Gasteiger partial charge in [-0.25, -0.2) is 0 Å². The topological polar surface area (TPSA) is 45.4 Å². The predicted octanol–water partition coefficient (Wildman–Crippen LogP) is 3.83. The molecule has 1 aromatic heterocycles. The number of furan rings is 1. The molecule has 1 atom stereocenters. The molecular weight excluding hydrogens is 330 g/mol. The molecule has 0 aliphatic rings. The van der Waals surface area contributed by atoms with E-state index in [0.29, 0.717) is 18.1 Å². The van der Waals surface area contributed by atoms with Gasteiger partial charge in [0, 0.05) is 16.6 Å². The highest BCUT2D eigenvalue weighted by molar-refractivity contribution is 9.10. The van der Waals surface area contributed by atoms with Gasteiger partial charge in [-0.15, -0.1) is 0 Å². The maximum absolute atomic E-state index is 9.16. The van der Waals surface area contributed by atoms with Crippen LogP contribution < -0.4 is 5.32 Å². The Morgan fingerprint density at radius 1 is 1.37 bits per heavy atom. The van der Waals surface area contributed by atoms with Gasteiger partial charge in [-0.2, -0.15) is 0 Å². The molecule has 5 heteroatoms. The lowest BCUT2D eigenvalue weighted by atomic mass is 10.2. The van der Waals surface area contributed by atoms with Crippen molar-refractivity contribution in [2.75, 3.05) is 6.54 Å². The number of rotatable bonds is 5. The van der Waals surface area contributed by atoms with Crippen LogP contribution in [0.25, 0.3) is 11.3 Å². The number of hydrogen-bond acceptors (Lipinski definition) is 3. The van der Waals surface area contributed by atoms with E-state index < -0.39 is 0 Å². The molecular formula is C14H15BrClNO2. The van der Waals surface area contributed by atoms with Crippen LogP contribution in [0.4, 0.5) is 0 Å². The maximum atomic E-state index is 9.16. The third-order valence-electron chi connectivity index (χ3n) is 2.60. The third kappa shape index (κ3) is 4.08. The first-order chi connectivity index (χ1) is 9.06. The fourth-order valence-corrected chi connectivity index (χ4v) is 2.48. The van der Waals surface area contributed by atoms with Gasteiger partial charge in [0.05, 0.1) is 17.7 Å². The molecule has 1 heterocycles. The summed E-state index contributed by atoms with van der Waals surface area (Å²) in [7, 11) is 0. The molecule has 0 spiro atoms. The Kier molecular flexibility index (Phi) is 5.05. The van der Waals surface area contributed by atoms with Crippen LogP contribution in [0.1, 0.15) is 12.7 Å². The molecule has 102 valence electrons. The Labute approximate surface area is 125 Å². The number of aliphatic hydroxyl groups is 1. The largest absolute Gasteiger partial charge is 0.460 e. The first-order valence-corrected chi connectivity index (χ1v) is 7.16. The second kappa shape index (κ2) is 6.57. The van der Waals surface area contributed by atoms with Gasteiger partial charge in [-0.3, -0.25) is 0 Å². The van der Waals surface area contributed by atoms with Crippen molar-refractivity contribution in [1.82, 2.24) is 5.32 Å². The van der Waals surface area contributed by atoms with Crippen molar-refractivity contribution in [3.63, 3.8) is 0 Å². The van der Waals surface area contributed by atoms with E-state index in [9.17, 15) is 0 Å². The van der Waals surface area contributed by atoms with Crippen LogP contribution in [-0.2, 0) is 6.54 Å². The first-order valence-electron chi connectivity index (χ1n) is 5.99. The number of halogens is 2. The van der Waals surface area contributed by atoms with Crippen LogP contribution >= 0.6 is 27.5 Å². The second-order valence-electron chi connectivity index (χ2n) is 4.37. The Bertz CT molecular complexity index is 554. The van der Waals surface area contributed by atoms with Crippen molar-refractivity contribution in [3.8, 4) is 11.3 Å². The van der Waals surface area contributed by atoms with E-state index in [1.54, 1.807) is 6.92 Å². The number of benzene rings is 1. The van der Waals surface area contributed by atoms with E-state index in [0.717, 1.165) is 21.6 Å².